The highest BCUT2D eigenvalue weighted by molar-refractivity contribution is 8.03. The van der Waals surface area contributed by atoms with Crippen LogP contribution in [0.25, 0.3) is 5.70 Å². The average Bonchev–Trinajstić information content (AvgIpc) is 2.62. The van der Waals surface area contributed by atoms with Crippen molar-refractivity contribution in [2.24, 2.45) is 10.4 Å². The third kappa shape index (κ3) is 3.32. The van der Waals surface area contributed by atoms with Crippen LogP contribution in [0.1, 0.15) is 25.0 Å². The number of allylic oxidation sites excluding steroid dienone is 1. The maximum atomic E-state index is 5.03. The smallest absolute Gasteiger partial charge is 0.0769 e. The molecule has 0 aliphatic carbocycles. The first-order chi connectivity index (χ1) is 11.1. The molecule has 0 saturated carbocycles. The summed E-state index contributed by atoms with van der Waals surface area (Å²) in [4.78, 5) is 5.03. The maximum Gasteiger partial charge on any atom is 0.0769 e. The fraction of sp³-hybridized carbons (Fsp3) is 0.190. The van der Waals surface area contributed by atoms with Crippen LogP contribution in [0.5, 0.6) is 0 Å². The van der Waals surface area contributed by atoms with E-state index in [1.54, 1.807) is 0 Å². The predicted molar refractivity (Wildman–Crippen MR) is 103 cm³/mol. The fourth-order valence-electron chi connectivity index (χ4n) is 2.61. The zero-order chi connectivity index (χ0) is 16.3. The van der Waals surface area contributed by atoms with Crippen LogP contribution in [0.4, 0.5) is 0 Å². The molecule has 1 aliphatic rings. The van der Waals surface area contributed by atoms with Gasteiger partial charge in [0.05, 0.1) is 16.7 Å². The van der Waals surface area contributed by atoms with E-state index in [-0.39, 0.29) is 10.7 Å². The lowest BCUT2D eigenvalue weighted by atomic mass is 9.84. The second-order valence-corrected chi connectivity index (χ2v) is 7.25. The van der Waals surface area contributed by atoms with E-state index in [0.717, 1.165) is 17.0 Å². The number of aliphatic imine (C=N–C) groups is 1. The molecule has 0 N–H and O–H groups in total. The van der Waals surface area contributed by atoms with Gasteiger partial charge in [0, 0.05) is 11.0 Å². The minimum atomic E-state index is -0.0297. The van der Waals surface area contributed by atoms with E-state index in [4.69, 9.17) is 4.99 Å². The van der Waals surface area contributed by atoms with Gasteiger partial charge >= 0.3 is 0 Å². The third-order valence-electron chi connectivity index (χ3n) is 4.15. The van der Waals surface area contributed by atoms with E-state index in [0.29, 0.717) is 0 Å². The molecule has 0 aromatic heterocycles. The standard InChI is InChI=1S/C21H21NS/c1-4-21(2,3)20-19(17-13-9-6-10-14-17)22-18(15-23-20)16-11-7-5-8-12-16/h4-15,20H,1H2,2-3H3. The van der Waals surface area contributed by atoms with Gasteiger partial charge in [0.15, 0.2) is 0 Å². The molecule has 0 saturated heterocycles. The molecule has 1 heterocycles. The molecule has 0 amide bonds. The monoisotopic (exact) mass is 319 g/mol. The molecule has 2 aromatic carbocycles. The van der Waals surface area contributed by atoms with Gasteiger partial charge in [-0.15, -0.1) is 18.3 Å². The van der Waals surface area contributed by atoms with Gasteiger partial charge in [-0.05, 0) is 11.0 Å². The largest absolute Gasteiger partial charge is 0.250 e. The van der Waals surface area contributed by atoms with Crippen LogP contribution in [-0.2, 0) is 0 Å². The normalized spacial score (nSPS) is 18.1. The molecule has 2 aromatic rings. The second-order valence-electron chi connectivity index (χ2n) is 6.27. The Bertz CT molecular complexity index is 742. The summed E-state index contributed by atoms with van der Waals surface area (Å²) in [6.07, 6.45) is 2.03. The summed E-state index contributed by atoms with van der Waals surface area (Å²) in [6, 6.07) is 20.8. The summed E-state index contributed by atoms with van der Waals surface area (Å²) in [5, 5.41) is 2.44. The Kier molecular flexibility index (Phi) is 4.53. The Morgan fingerprint density at radius 3 is 2.09 bits per heavy atom. The second kappa shape index (κ2) is 6.59. The highest BCUT2D eigenvalue weighted by atomic mass is 32.2. The minimum Gasteiger partial charge on any atom is -0.250 e. The van der Waals surface area contributed by atoms with Gasteiger partial charge < -0.3 is 0 Å². The van der Waals surface area contributed by atoms with Crippen molar-refractivity contribution in [2.45, 2.75) is 19.1 Å². The Hall–Kier alpha value is -2.06. The molecule has 0 spiro atoms. The van der Waals surface area contributed by atoms with Crippen molar-refractivity contribution >= 4 is 23.2 Å². The summed E-state index contributed by atoms with van der Waals surface area (Å²) in [5.74, 6) is 0. The highest BCUT2D eigenvalue weighted by Gasteiger charge is 2.34. The topological polar surface area (TPSA) is 12.4 Å². The van der Waals surface area contributed by atoms with E-state index >= 15 is 0 Å². The van der Waals surface area contributed by atoms with Crippen LogP contribution in [0.15, 0.2) is 83.7 Å². The van der Waals surface area contributed by atoms with Gasteiger partial charge in [-0.3, -0.25) is 4.99 Å². The molecule has 0 bridgehead atoms. The molecular weight excluding hydrogens is 298 g/mol. The third-order valence-corrected chi connectivity index (χ3v) is 5.61. The average molecular weight is 319 g/mol. The first-order valence-corrected chi connectivity index (χ1v) is 8.75. The first-order valence-electron chi connectivity index (χ1n) is 7.80. The van der Waals surface area contributed by atoms with Crippen LogP contribution in [0.3, 0.4) is 0 Å². The summed E-state index contributed by atoms with van der Waals surface area (Å²) in [6.45, 7) is 8.46. The lowest BCUT2D eigenvalue weighted by Gasteiger charge is -2.33. The van der Waals surface area contributed by atoms with Gasteiger partial charge in [0.2, 0.25) is 0 Å². The van der Waals surface area contributed by atoms with Crippen molar-refractivity contribution in [1.29, 1.82) is 0 Å². The molecule has 2 heteroatoms. The van der Waals surface area contributed by atoms with E-state index in [1.807, 2.05) is 30.0 Å². The summed E-state index contributed by atoms with van der Waals surface area (Å²) in [5.41, 5.74) is 4.47. The number of rotatable bonds is 4. The number of benzene rings is 2. The number of hydrogen-bond acceptors (Lipinski definition) is 2. The van der Waals surface area contributed by atoms with Crippen molar-refractivity contribution in [3.05, 3.63) is 89.9 Å². The van der Waals surface area contributed by atoms with Crippen molar-refractivity contribution in [3.8, 4) is 0 Å². The SMILES string of the molecule is C=CC(C)(C)C1SC=C(c2ccccc2)N=C1c1ccccc1. The number of hydrogen-bond donors (Lipinski definition) is 0. The number of nitrogens with zero attached hydrogens (tertiary/aromatic N) is 1. The van der Waals surface area contributed by atoms with Crippen molar-refractivity contribution in [3.63, 3.8) is 0 Å². The molecule has 116 valence electrons. The molecule has 1 unspecified atom stereocenters. The molecule has 0 radical (unpaired) electrons. The van der Waals surface area contributed by atoms with Crippen LogP contribution in [0, 0.1) is 5.41 Å². The van der Waals surface area contributed by atoms with E-state index in [1.165, 1.54) is 5.56 Å². The Morgan fingerprint density at radius 2 is 1.52 bits per heavy atom. The van der Waals surface area contributed by atoms with E-state index < -0.39 is 0 Å². The van der Waals surface area contributed by atoms with E-state index in [2.05, 4.69) is 74.4 Å². The fourth-order valence-corrected chi connectivity index (χ4v) is 3.83. The van der Waals surface area contributed by atoms with Gasteiger partial charge in [0.25, 0.3) is 0 Å². The first kappa shape index (κ1) is 15.8. The minimum absolute atomic E-state index is 0.0297. The summed E-state index contributed by atoms with van der Waals surface area (Å²) >= 11 is 1.84. The molecule has 0 fully saturated rings. The Labute approximate surface area is 142 Å². The van der Waals surface area contributed by atoms with Crippen molar-refractivity contribution in [1.82, 2.24) is 0 Å². The Balaban J connectivity index is 2.07. The van der Waals surface area contributed by atoms with Crippen LogP contribution < -0.4 is 0 Å². The zero-order valence-corrected chi connectivity index (χ0v) is 14.4. The molecular formula is C21H21NS. The molecule has 1 aliphatic heterocycles. The molecule has 23 heavy (non-hydrogen) atoms. The van der Waals surface area contributed by atoms with E-state index in [9.17, 15) is 0 Å². The predicted octanol–water partition coefficient (Wildman–Crippen LogP) is 5.80. The van der Waals surface area contributed by atoms with Crippen molar-refractivity contribution < 1.29 is 0 Å². The van der Waals surface area contributed by atoms with Crippen molar-refractivity contribution in [2.75, 3.05) is 0 Å². The Morgan fingerprint density at radius 1 is 0.957 bits per heavy atom. The summed E-state index contributed by atoms with van der Waals surface area (Å²) in [7, 11) is 0. The van der Waals surface area contributed by atoms with Crippen LogP contribution in [-0.4, -0.2) is 11.0 Å². The number of thioether (sulfide) groups is 1. The molecule has 1 nitrogen and oxygen atoms in total. The zero-order valence-electron chi connectivity index (χ0n) is 13.6. The van der Waals surface area contributed by atoms with Gasteiger partial charge in [0.1, 0.15) is 0 Å². The van der Waals surface area contributed by atoms with Crippen LogP contribution >= 0.6 is 11.8 Å². The maximum absolute atomic E-state index is 5.03. The molecule has 1 atom stereocenters. The lowest BCUT2D eigenvalue weighted by Crippen LogP contribution is -2.34. The lowest BCUT2D eigenvalue weighted by molar-refractivity contribution is 0.518. The van der Waals surface area contributed by atoms with Gasteiger partial charge in [-0.25, -0.2) is 0 Å². The van der Waals surface area contributed by atoms with Crippen LogP contribution in [0.2, 0.25) is 0 Å². The van der Waals surface area contributed by atoms with Gasteiger partial charge in [-0.1, -0.05) is 80.6 Å². The quantitative estimate of drug-likeness (QED) is 0.649. The molecule has 3 rings (SSSR count). The van der Waals surface area contributed by atoms with Gasteiger partial charge in [-0.2, -0.15) is 0 Å². The summed E-state index contributed by atoms with van der Waals surface area (Å²) < 4.78 is 0. The highest BCUT2D eigenvalue weighted by Crippen LogP contribution is 2.40.